The van der Waals surface area contributed by atoms with Crippen LogP contribution in [0.1, 0.15) is 0 Å². The SMILES string of the molecule is Nc1cc(N)cc(-c2cccc(-c3ccccc3)c2)c1. The Morgan fingerprint density at radius 3 is 1.65 bits per heavy atom. The van der Waals surface area contributed by atoms with Gasteiger partial charge in [-0.2, -0.15) is 0 Å². The van der Waals surface area contributed by atoms with E-state index in [1.54, 1.807) is 6.07 Å². The number of hydrogen-bond donors (Lipinski definition) is 2. The molecule has 0 unspecified atom stereocenters. The van der Waals surface area contributed by atoms with E-state index in [1.165, 1.54) is 11.1 Å². The first kappa shape index (κ1) is 12.3. The lowest BCUT2D eigenvalue weighted by atomic mass is 9.98. The van der Waals surface area contributed by atoms with Crippen molar-refractivity contribution in [2.75, 3.05) is 11.5 Å². The fourth-order valence-corrected chi connectivity index (χ4v) is 2.35. The Morgan fingerprint density at radius 1 is 0.450 bits per heavy atom. The third kappa shape index (κ3) is 2.50. The second kappa shape index (κ2) is 5.10. The zero-order valence-electron chi connectivity index (χ0n) is 11.1. The van der Waals surface area contributed by atoms with Crippen molar-refractivity contribution in [3.63, 3.8) is 0 Å². The lowest BCUT2D eigenvalue weighted by Gasteiger charge is -2.08. The number of nitrogen functional groups attached to an aromatic ring is 2. The Labute approximate surface area is 118 Å². The van der Waals surface area contributed by atoms with Crippen LogP contribution in [0.15, 0.2) is 72.8 Å². The summed E-state index contributed by atoms with van der Waals surface area (Å²) in [6, 6.07) is 24.4. The van der Waals surface area contributed by atoms with Gasteiger partial charge in [-0.05, 0) is 46.5 Å². The molecule has 0 spiro atoms. The molecule has 0 bridgehead atoms. The molecular weight excluding hydrogens is 244 g/mol. The smallest absolute Gasteiger partial charge is 0.0340 e. The predicted molar refractivity (Wildman–Crippen MR) is 86.1 cm³/mol. The van der Waals surface area contributed by atoms with E-state index in [2.05, 4.69) is 36.4 Å². The van der Waals surface area contributed by atoms with Gasteiger partial charge in [-0.1, -0.05) is 48.5 Å². The summed E-state index contributed by atoms with van der Waals surface area (Å²) in [4.78, 5) is 0. The molecule has 3 aromatic rings. The van der Waals surface area contributed by atoms with Crippen molar-refractivity contribution < 1.29 is 0 Å². The molecule has 0 aliphatic rings. The highest BCUT2D eigenvalue weighted by molar-refractivity contribution is 5.76. The highest BCUT2D eigenvalue weighted by Crippen LogP contribution is 2.28. The van der Waals surface area contributed by atoms with Crippen LogP contribution < -0.4 is 11.5 Å². The van der Waals surface area contributed by atoms with E-state index >= 15 is 0 Å². The average Bonchev–Trinajstić information content (AvgIpc) is 2.47. The fraction of sp³-hybridized carbons (Fsp3) is 0. The van der Waals surface area contributed by atoms with Gasteiger partial charge in [0.25, 0.3) is 0 Å². The topological polar surface area (TPSA) is 52.0 Å². The van der Waals surface area contributed by atoms with Gasteiger partial charge in [0.15, 0.2) is 0 Å². The summed E-state index contributed by atoms with van der Waals surface area (Å²) in [6.07, 6.45) is 0. The summed E-state index contributed by atoms with van der Waals surface area (Å²) in [5.41, 5.74) is 17.6. The van der Waals surface area contributed by atoms with Crippen LogP contribution in [0.3, 0.4) is 0 Å². The first-order chi connectivity index (χ1) is 9.72. The standard InChI is InChI=1S/C18H16N2/c19-17-10-16(11-18(20)12-17)15-8-4-7-14(9-15)13-5-2-1-3-6-13/h1-12H,19-20H2. The van der Waals surface area contributed by atoms with Crippen molar-refractivity contribution in [3.8, 4) is 22.3 Å². The second-order valence-electron chi connectivity index (χ2n) is 4.84. The number of rotatable bonds is 2. The summed E-state index contributed by atoms with van der Waals surface area (Å²) in [6.45, 7) is 0. The average molecular weight is 260 g/mol. The highest BCUT2D eigenvalue weighted by Gasteiger charge is 2.03. The largest absolute Gasteiger partial charge is 0.399 e. The van der Waals surface area contributed by atoms with Crippen LogP contribution in [-0.2, 0) is 0 Å². The molecule has 3 aromatic carbocycles. The Balaban J connectivity index is 2.07. The number of hydrogen-bond acceptors (Lipinski definition) is 2. The van der Waals surface area contributed by atoms with Gasteiger partial charge in [0.2, 0.25) is 0 Å². The molecule has 0 saturated carbocycles. The third-order valence-electron chi connectivity index (χ3n) is 3.28. The molecule has 0 saturated heterocycles. The summed E-state index contributed by atoms with van der Waals surface area (Å²) in [7, 11) is 0. The molecule has 3 rings (SSSR count). The quantitative estimate of drug-likeness (QED) is 0.679. The molecule has 0 amide bonds. The number of nitrogens with two attached hydrogens (primary N) is 2. The molecule has 0 fully saturated rings. The van der Waals surface area contributed by atoms with E-state index in [0.717, 1.165) is 11.1 Å². The maximum atomic E-state index is 5.87. The van der Waals surface area contributed by atoms with E-state index in [0.29, 0.717) is 11.4 Å². The molecular formula is C18H16N2. The second-order valence-corrected chi connectivity index (χ2v) is 4.84. The lowest BCUT2D eigenvalue weighted by molar-refractivity contribution is 1.58. The molecule has 98 valence electrons. The minimum Gasteiger partial charge on any atom is -0.399 e. The van der Waals surface area contributed by atoms with E-state index in [-0.39, 0.29) is 0 Å². The minimum atomic E-state index is 0.685. The van der Waals surface area contributed by atoms with Crippen LogP contribution in [0.2, 0.25) is 0 Å². The van der Waals surface area contributed by atoms with Crippen molar-refractivity contribution in [1.82, 2.24) is 0 Å². The first-order valence-electron chi connectivity index (χ1n) is 6.54. The summed E-state index contributed by atoms with van der Waals surface area (Å²) >= 11 is 0. The van der Waals surface area contributed by atoms with Gasteiger partial charge in [-0.15, -0.1) is 0 Å². The Bertz CT molecular complexity index is 713. The molecule has 0 radical (unpaired) electrons. The summed E-state index contributed by atoms with van der Waals surface area (Å²) in [5.74, 6) is 0. The van der Waals surface area contributed by atoms with Crippen molar-refractivity contribution in [2.24, 2.45) is 0 Å². The zero-order chi connectivity index (χ0) is 13.9. The van der Waals surface area contributed by atoms with Crippen LogP contribution in [0.25, 0.3) is 22.3 Å². The molecule has 0 aromatic heterocycles. The van der Waals surface area contributed by atoms with Crippen molar-refractivity contribution in [3.05, 3.63) is 72.8 Å². The maximum absolute atomic E-state index is 5.87. The molecule has 0 atom stereocenters. The highest BCUT2D eigenvalue weighted by atomic mass is 14.6. The van der Waals surface area contributed by atoms with Gasteiger partial charge in [0.1, 0.15) is 0 Å². The van der Waals surface area contributed by atoms with Gasteiger partial charge < -0.3 is 11.5 Å². The molecule has 20 heavy (non-hydrogen) atoms. The van der Waals surface area contributed by atoms with Crippen molar-refractivity contribution >= 4 is 11.4 Å². The molecule has 0 aliphatic carbocycles. The number of benzene rings is 3. The minimum absolute atomic E-state index is 0.685. The van der Waals surface area contributed by atoms with E-state index in [1.807, 2.05) is 30.3 Å². The van der Waals surface area contributed by atoms with Gasteiger partial charge in [0.05, 0.1) is 0 Å². The number of anilines is 2. The van der Waals surface area contributed by atoms with Crippen LogP contribution in [0.5, 0.6) is 0 Å². The molecule has 2 heteroatoms. The van der Waals surface area contributed by atoms with Crippen LogP contribution in [0, 0.1) is 0 Å². The van der Waals surface area contributed by atoms with Gasteiger partial charge in [-0.3, -0.25) is 0 Å². The Hall–Kier alpha value is -2.74. The molecule has 4 N–H and O–H groups in total. The fourth-order valence-electron chi connectivity index (χ4n) is 2.35. The van der Waals surface area contributed by atoms with Crippen molar-refractivity contribution in [1.29, 1.82) is 0 Å². The van der Waals surface area contributed by atoms with Gasteiger partial charge in [-0.25, -0.2) is 0 Å². The zero-order valence-corrected chi connectivity index (χ0v) is 11.1. The monoisotopic (exact) mass is 260 g/mol. The molecule has 0 heterocycles. The Morgan fingerprint density at radius 2 is 1.00 bits per heavy atom. The van der Waals surface area contributed by atoms with Crippen LogP contribution in [-0.4, -0.2) is 0 Å². The molecule has 0 aliphatic heterocycles. The molecule has 2 nitrogen and oxygen atoms in total. The van der Waals surface area contributed by atoms with E-state index in [9.17, 15) is 0 Å². The van der Waals surface area contributed by atoms with E-state index < -0.39 is 0 Å². The first-order valence-corrected chi connectivity index (χ1v) is 6.54. The lowest BCUT2D eigenvalue weighted by Crippen LogP contribution is -1.91. The third-order valence-corrected chi connectivity index (χ3v) is 3.28. The van der Waals surface area contributed by atoms with Crippen LogP contribution >= 0.6 is 0 Å². The maximum Gasteiger partial charge on any atom is 0.0340 e. The normalized spacial score (nSPS) is 10.4. The predicted octanol–water partition coefficient (Wildman–Crippen LogP) is 4.19. The van der Waals surface area contributed by atoms with Crippen LogP contribution in [0.4, 0.5) is 11.4 Å². The summed E-state index contributed by atoms with van der Waals surface area (Å²) < 4.78 is 0. The van der Waals surface area contributed by atoms with Gasteiger partial charge >= 0.3 is 0 Å². The van der Waals surface area contributed by atoms with E-state index in [4.69, 9.17) is 11.5 Å². The van der Waals surface area contributed by atoms with Crippen molar-refractivity contribution in [2.45, 2.75) is 0 Å². The Kier molecular flexibility index (Phi) is 3.13. The van der Waals surface area contributed by atoms with Gasteiger partial charge in [0, 0.05) is 11.4 Å². The summed E-state index contributed by atoms with van der Waals surface area (Å²) in [5, 5.41) is 0.